The third-order valence-corrected chi connectivity index (χ3v) is 2.83. The topological polar surface area (TPSA) is 57.0 Å². The van der Waals surface area contributed by atoms with Crippen LogP contribution in [0, 0.1) is 0 Å². The van der Waals surface area contributed by atoms with Gasteiger partial charge < -0.3 is 4.74 Å². The second-order valence-corrected chi connectivity index (χ2v) is 4.53. The van der Waals surface area contributed by atoms with Gasteiger partial charge in [-0.3, -0.25) is 0 Å². The zero-order valence-corrected chi connectivity index (χ0v) is 11.6. The first-order valence-corrected chi connectivity index (χ1v) is 6.25. The van der Waals surface area contributed by atoms with Gasteiger partial charge >= 0.3 is 5.97 Å². The normalized spacial score (nSPS) is 10.4. The summed E-state index contributed by atoms with van der Waals surface area (Å²) in [4.78, 5) is 13.1. The van der Waals surface area contributed by atoms with E-state index in [2.05, 4.69) is 26.1 Å². The predicted molar refractivity (Wildman–Crippen MR) is 70.1 cm³/mol. The number of rotatable bonds is 3. The van der Waals surface area contributed by atoms with Gasteiger partial charge in [-0.05, 0) is 19.1 Å². The van der Waals surface area contributed by atoms with Crippen LogP contribution in [-0.4, -0.2) is 27.6 Å². The molecule has 94 valence electrons. The lowest BCUT2D eigenvalue weighted by Gasteiger charge is -2.01. The smallest absolute Gasteiger partial charge is 0.361 e. The van der Waals surface area contributed by atoms with Crippen molar-refractivity contribution in [2.75, 3.05) is 6.61 Å². The van der Waals surface area contributed by atoms with E-state index in [1.165, 1.54) is 4.80 Å². The molecule has 0 amide bonds. The first-order chi connectivity index (χ1) is 8.61. The molecule has 0 atom stereocenters. The molecule has 6 heteroatoms. The van der Waals surface area contributed by atoms with E-state index in [1.54, 1.807) is 14.0 Å². The zero-order valence-electron chi connectivity index (χ0n) is 10.1. The summed E-state index contributed by atoms with van der Waals surface area (Å²) in [6, 6.07) is 7.52. The van der Waals surface area contributed by atoms with E-state index >= 15 is 0 Å². The molecule has 0 radical (unpaired) electrons. The molecule has 18 heavy (non-hydrogen) atoms. The fourth-order valence-electron chi connectivity index (χ4n) is 1.55. The van der Waals surface area contributed by atoms with E-state index < -0.39 is 5.97 Å². The molecule has 2 aromatic rings. The number of carbonyl (C=O) groups excluding carboxylic acids is 1. The molecule has 0 aliphatic carbocycles. The Kier molecular flexibility index (Phi) is 3.76. The number of nitrogens with zero attached hydrogens (tertiary/aromatic N) is 3. The van der Waals surface area contributed by atoms with Crippen LogP contribution in [0.25, 0.3) is 11.3 Å². The second-order valence-electron chi connectivity index (χ2n) is 3.61. The first-order valence-electron chi connectivity index (χ1n) is 5.46. The average molecular weight is 310 g/mol. The summed E-state index contributed by atoms with van der Waals surface area (Å²) in [5, 5.41) is 8.25. The summed E-state index contributed by atoms with van der Waals surface area (Å²) in [6.45, 7) is 2.07. The van der Waals surface area contributed by atoms with Gasteiger partial charge in [-0.15, -0.1) is 5.10 Å². The maximum Gasteiger partial charge on any atom is 0.361 e. The maximum absolute atomic E-state index is 11.8. The standard InChI is InChI=1S/C12H12BrN3O2/c1-3-18-12(17)11-10(14-16(2)15-11)8-4-6-9(13)7-5-8/h4-7H,3H2,1-2H3. The molecule has 0 saturated heterocycles. The molecule has 0 aliphatic heterocycles. The Morgan fingerprint density at radius 3 is 2.61 bits per heavy atom. The summed E-state index contributed by atoms with van der Waals surface area (Å²) >= 11 is 3.36. The molecular weight excluding hydrogens is 298 g/mol. The Bertz CT molecular complexity index is 563. The minimum Gasteiger partial charge on any atom is -0.461 e. The summed E-state index contributed by atoms with van der Waals surface area (Å²) < 4.78 is 5.93. The highest BCUT2D eigenvalue weighted by molar-refractivity contribution is 9.10. The highest BCUT2D eigenvalue weighted by Crippen LogP contribution is 2.22. The van der Waals surface area contributed by atoms with Gasteiger partial charge in [0.2, 0.25) is 0 Å². The van der Waals surface area contributed by atoms with Crippen molar-refractivity contribution in [2.24, 2.45) is 7.05 Å². The molecule has 0 spiro atoms. The first kappa shape index (κ1) is 12.8. The lowest BCUT2D eigenvalue weighted by atomic mass is 10.1. The van der Waals surface area contributed by atoms with Gasteiger partial charge in [-0.1, -0.05) is 28.1 Å². The Labute approximate surface area is 113 Å². The van der Waals surface area contributed by atoms with Crippen molar-refractivity contribution in [3.8, 4) is 11.3 Å². The summed E-state index contributed by atoms with van der Waals surface area (Å²) in [5.41, 5.74) is 1.60. The van der Waals surface area contributed by atoms with E-state index in [0.717, 1.165) is 10.0 Å². The largest absolute Gasteiger partial charge is 0.461 e. The number of ether oxygens (including phenoxy) is 1. The molecule has 5 nitrogen and oxygen atoms in total. The highest BCUT2D eigenvalue weighted by atomic mass is 79.9. The molecule has 0 aliphatic rings. The Balaban J connectivity index is 2.44. The molecule has 1 aromatic heterocycles. The van der Waals surface area contributed by atoms with Crippen molar-refractivity contribution < 1.29 is 9.53 Å². The van der Waals surface area contributed by atoms with Crippen molar-refractivity contribution in [1.82, 2.24) is 15.0 Å². The summed E-state index contributed by atoms with van der Waals surface area (Å²) in [5.74, 6) is -0.455. The fraction of sp³-hybridized carbons (Fsp3) is 0.250. The minimum absolute atomic E-state index is 0.238. The molecular formula is C12H12BrN3O2. The molecule has 0 N–H and O–H groups in total. The quantitative estimate of drug-likeness (QED) is 0.817. The van der Waals surface area contributed by atoms with Crippen LogP contribution >= 0.6 is 15.9 Å². The number of hydrogen-bond acceptors (Lipinski definition) is 4. The van der Waals surface area contributed by atoms with E-state index in [9.17, 15) is 4.79 Å². The molecule has 1 aromatic carbocycles. The van der Waals surface area contributed by atoms with Crippen LogP contribution in [-0.2, 0) is 11.8 Å². The van der Waals surface area contributed by atoms with Crippen molar-refractivity contribution in [1.29, 1.82) is 0 Å². The number of benzene rings is 1. The van der Waals surface area contributed by atoms with Crippen LogP contribution in [0.3, 0.4) is 0 Å². The molecule has 2 rings (SSSR count). The number of halogens is 1. The van der Waals surface area contributed by atoms with Crippen LogP contribution in [0.4, 0.5) is 0 Å². The second kappa shape index (κ2) is 5.30. The molecule has 1 heterocycles. The predicted octanol–water partition coefficient (Wildman–Crippen LogP) is 2.42. The highest BCUT2D eigenvalue weighted by Gasteiger charge is 2.20. The van der Waals surface area contributed by atoms with Gasteiger partial charge in [-0.25, -0.2) is 4.79 Å². The SMILES string of the molecule is CCOC(=O)c1nn(C)nc1-c1ccc(Br)cc1. The number of esters is 1. The van der Waals surface area contributed by atoms with Crippen LogP contribution < -0.4 is 0 Å². The van der Waals surface area contributed by atoms with E-state index in [0.29, 0.717) is 12.3 Å². The molecule has 0 unspecified atom stereocenters. The molecule has 0 saturated carbocycles. The van der Waals surface area contributed by atoms with Crippen LogP contribution in [0.2, 0.25) is 0 Å². The third-order valence-electron chi connectivity index (χ3n) is 2.30. The van der Waals surface area contributed by atoms with Crippen LogP contribution in [0.15, 0.2) is 28.7 Å². The van der Waals surface area contributed by atoms with Crippen molar-refractivity contribution in [2.45, 2.75) is 6.92 Å². The number of carbonyl (C=O) groups is 1. The Hall–Kier alpha value is -1.69. The minimum atomic E-state index is -0.455. The average Bonchev–Trinajstić information content (AvgIpc) is 2.73. The molecule has 0 fully saturated rings. The number of aromatic nitrogens is 3. The van der Waals surface area contributed by atoms with Gasteiger partial charge in [0.1, 0.15) is 5.69 Å². The van der Waals surface area contributed by atoms with Crippen molar-refractivity contribution in [3.63, 3.8) is 0 Å². The van der Waals surface area contributed by atoms with Gasteiger partial charge in [0, 0.05) is 17.1 Å². The zero-order chi connectivity index (χ0) is 13.1. The number of hydrogen-bond donors (Lipinski definition) is 0. The van der Waals surface area contributed by atoms with E-state index in [1.807, 2.05) is 24.3 Å². The van der Waals surface area contributed by atoms with Crippen LogP contribution in [0.1, 0.15) is 17.4 Å². The Morgan fingerprint density at radius 1 is 1.33 bits per heavy atom. The van der Waals surface area contributed by atoms with Crippen molar-refractivity contribution >= 4 is 21.9 Å². The van der Waals surface area contributed by atoms with Gasteiger partial charge in [-0.2, -0.15) is 9.90 Å². The monoisotopic (exact) mass is 309 g/mol. The third kappa shape index (κ3) is 2.59. The summed E-state index contributed by atoms with van der Waals surface area (Å²) in [6.07, 6.45) is 0. The summed E-state index contributed by atoms with van der Waals surface area (Å²) in [7, 11) is 1.67. The fourth-order valence-corrected chi connectivity index (χ4v) is 1.81. The van der Waals surface area contributed by atoms with Gasteiger partial charge in [0.05, 0.1) is 6.61 Å². The molecule has 0 bridgehead atoms. The Morgan fingerprint density at radius 2 is 2.00 bits per heavy atom. The van der Waals surface area contributed by atoms with Gasteiger partial charge in [0.15, 0.2) is 5.69 Å². The lowest BCUT2D eigenvalue weighted by molar-refractivity contribution is 0.0519. The van der Waals surface area contributed by atoms with E-state index in [4.69, 9.17) is 4.74 Å². The lowest BCUT2D eigenvalue weighted by Crippen LogP contribution is -2.07. The van der Waals surface area contributed by atoms with Crippen LogP contribution in [0.5, 0.6) is 0 Å². The maximum atomic E-state index is 11.8. The number of aryl methyl sites for hydroxylation is 1. The van der Waals surface area contributed by atoms with Gasteiger partial charge in [0.25, 0.3) is 0 Å². The van der Waals surface area contributed by atoms with E-state index in [-0.39, 0.29) is 5.69 Å². The van der Waals surface area contributed by atoms with Crippen molar-refractivity contribution in [3.05, 3.63) is 34.4 Å².